The highest BCUT2D eigenvalue weighted by Gasteiger charge is 2.31. The number of nitrogens with zero attached hydrogens (tertiary/aromatic N) is 4. The lowest BCUT2D eigenvalue weighted by Crippen LogP contribution is -2.27. The summed E-state index contributed by atoms with van der Waals surface area (Å²) in [5.41, 5.74) is -0.204. The molecule has 4 rings (SSSR count). The number of aromatic nitrogens is 3. The van der Waals surface area contributed by atoms with Crippen molar-refractivity contribution >= 4 is 5.91 Å². The van der Waals surface area contributed by atoms with Crippen LogP contribution in [0.4, 0.5) is 8.78 Å². The number of ether oxygens (including phenoxy) is 1. The van der Waals surface area contributed by atoms with Gasteiger partial charge in [-0.05, 0) is 37.5 Å². The highest BCUT2D eigenvalue weighted by Crippen LogP contribution is 2.37. The Morgan fingerprint density at radius 2 is 1.84 bits per heavy atom. The van der Waals surface area contributed by atoms with Crippen molar-refractivity contribution in [3.8, 4) is 22.5 Å². The molecule has 1 amide bonds. The Hall–Kier alpha value is -3.34. The van der Waals surface area contributed by atoms with E-state index in [-0.39, 0.29) is 11.3 Å². The number of hydrogen-bond donors (Lipinski definition) is 2. The molecule has 1 aliphatic heterocycles. The highest BCUT2D eigenvalue weighted by molar-refractivity contribution is 5.98. The minimum Gasteiger partial charge on any atom is -0.372 e. The Morgan fingerprint density at radius 1 is 1.06 bits per heavy atom. The van der Waals surface area contributed by atoms with Crippen molar-refractivity contribution in [2.24, 2.45) is 0 Å². The van der Waals surface area contributed by atoms with Gasteiger partial charge in [0.25, 0.3) is 0 Å². The summed E-state index contributed by atoms with van der Waals surface area (Å²) in [5.74, 6) is -3.55. The van der Waals surface area contributed by atoms with Crippen molar-refractivity contribution in [2.45, 2.75) is 25.4 Å². The van der Waals surface area contributed by atoms with E-state index in [0.29, 0.717) is 18.6 Å². The van der Waals surface area contributed by atoms with Gasteiger partial charge in [0.2, 0.25) is 0 Å². The average Bonchev–Trinajstić information content (AvgIpc) is 2.79. The number of carbonyl (C=O) groups excluding carboxylic acids is 1. The summed E-state index contributed by atoms with van der Waals surface area (Å²) in [6.07, 6.45) is 4.60. The topological polar surface area (TPSA) is 109 Å². The standard InChI is InChI=1S/C21H18F2N4O4/c22-13-6-3-7-14(23)17(13)20-25-18(15-8-1-2-10-31-15)16(12-5-4-9-24-11-12)19(26-20)21(28)27(29)30/h3-7,9,11,15,29-30H,1-2,8,10H2. The maximum absolute atomic E-state index is 14.5. The van der Waals surface area contributed by atoms with Crippen LogP contribution in [0.3, 0.4) is 0 Å². The number of halogens is 2. The van der Waals surface area contributed by atoms with E-state index in [4.69, 9.17) is 4.74 Å². The Kier molecular flexibility index (Phi) is 5.94. The molecule has 0 aliphatic carbocycles. The zero-order valence-corrected chi connectivity index (χ0v) is 16.2. The largest absolute Gasteiger partial charge is 0.372 e. The zero-order valence-electron chi connectivity index (χ0n) is 16.2. The van der Waals surface area contributed by atoms with Crippen molar-refractivity contribution in [3.05, 3.63) is 65.7 Å². The van der Waals surface area contributed by atoms with Crippen molar-refractivity contribution in [1.29, 1.82) is 0 Å². The smallest absolute Gasteiger partial charge is 0.322 e. The number of amides is 1. The van der Waals surface area contributed by atoms with Crippen molar-refractivity contribution in [2.75, 3.05) is 6.61 Å². The number of carbonyl (C=O) groups is 1. The van der Waals surface area contributed by atoms with Crippen molar-refractivity contribution < 1.29 is 28.7 Å². The van der Waals surface area contributed by atoms with Crippen molar-refractivity contribution in [3.63, 3.8) is 0 Å². The van der Waals surface area contributed by atoms with Gasteiger partial charge in [-0.1, -0.05) is 17.4 Å². The predicted molar refractivity (Wildman–Crippen MR) is 103 cm³/mol. The van der Waals surface area contributed by atoms with E-state index < -0.39 is 46.0 Å². The lowest BCUT2D eigenvalue weighted by atomic mass is 9.95. The van der Waals surface area contributed by atoms with Gasteiger partial charge in [-0.15, -0.1) is 0 Å². The van der Waals surface area contributed by atoms with E-state index in [1.807, 2.05) is 0 Å². The highest BCUT2D eigenvalue weighted by atomic mass is 19.1. The zero-order chi connectivity index (χ0) is 22.0. The second kappa shape index (κ2) is 8.80. The minimum absolute atomic E-state index is 0.151. The lowest BCUT2D eigenvalue weighted by molar-refractivity contribution is -0.260. The number of pyridine rings is 1. The summed E-state index contributed by atoms with van der Waals surface area (Å²) >= 11 is 0. The molecule has 160 valence electrons. The fourth-order valence-electron chi connectivity index (χ4n) is 3.54. The average molecular weight is 428 g/mol. The molecular formula is C21H18F2N4O4. The Bertz CT molecular complexity index is 1090. The molecule has 0 spiro atoms. The van der Waals surface area contributed by atoms with E-state index in [1.54, 1.807) is 12.1 Å². The van der Waals surface area contributed by atoms with Crippen molar-refractivity contribution in [1.82, 2.24) is 20.2 Å². The molecule has 1 saturated heterocycles. The quantitative estimate of drug-likeness (QED) is 0.478. The molecule has 0 radical (unpaired) electrons. The third-order valence-corrected chi connectivity index (χ3v) is 4.94. The fraction of sp³-hybridized carbons (Fsp3) is 0.238. The van der Waals surface area contributed by atoms with Crippen LogP contribution in [0.15, 0.2) is 42.7 Å². The first-order valence-corrected chi connectivity index (χ1v) is 9.58. The molecule has 8 nitrogen and oxygen atoms in total. The molecule has 1 aromatic carbocycles. The molecule has 1 fully saturated rings. The normalized spacial score (nSPS) is 16.2. The molecular weight excluding hydrogens is 410 g/mol. The summed E-state index contributed by atoms with van der Waals surface area (Å²) in [6.45, 7) is 0.444. The molecule has 3 aromatic rings. The number of rotatable bonds is 4. The van der Waals surface area contributed by atoms with Gasteiger partial charge in [0, 0.05) is 30.1 Å². The Morgan fingerprint density at radius 3 is 2.45 bits per heavy atom. The van der Waals surface area contributed by atoms with E-state index in [1.165, 1.54) is 18.5 Å². The van der Waals surface area contributed by atoms with Gasteiger partial charge in [-0.3, -0.25) is 20.2 Å². The van der Waals surface area contributed by atoms with E-state index in [0.717, 1.165) is 25.0 Å². The van der Waals surface area contributed by atoms with Gasteiger partial charge in [0.05, 0.1) is 11.3 Å². The maximum atomic E-state index is 14.5. The molecule has 2 aromatic heterocycles. The van der Waals surface area contributed by atoms with Gasteiger partial charge >= 0.3 is 5.91 Å². The van der Waals surface area contributed by atoms with Crippen LogP contribution >= 0.6 is 0 Å². The van der Waals surface area contributed by atoms with Crippen LogP contribution in [0.2, 0.25) is 0 Å². The first-order valence-electron chi connectivity index (χ1n) is 9.58. The third-order valence-electron chi connectivity index (χ3n) is 4.94. The summed E-state index contributed by atoms with van der Waals surface area (Å²) in [7, 11) is 0. The Labute approximate surface area is 175 Å². The lowest BCUT2D eigenvalue weighted by Gasteiger charge is -2.25. The summed E-state index contributed by atoms with van der Waals surface area (Å²) < 4.78 is 34.8. The van der Waals surface area contributed by atoms with Gasteiger partial charge in [0.15, 0.2) is 5.82 Å². The molecule has 1 aliphatic rings. The Balaban J connectivity index is 2.04. The van der Waals surface area contributed by atoms with Gasteiger partial charge in [0.1, 0.15) is 23.4 Å². The monoisotopic (exact) mass is 428 g/mol. The maximum Gasteiger partial charge on any atom is 0.322 e. The predicted octanol–water partition coefficient (Wildman–Crippen LogP) is 3.95. The van der Waals surface area contributed by atoms with Gasteiger partial charge in [-0.2, -0.15) is 0 Å². The SMILES string of the molecule is O=C(c1nc(-c2c(F)cccc2F)nc(C2CCCCO2)c1-c1cccnc1)N(O)O. The van der Waals surface area contributed by atoms with Gasteiger partial charge in [-0.25, -0.2) is 18.7 Å². The van der Waals surface area contributed by atoms with Crippen LogP contribution in [-0.4, -0.2) is 43.1 Å². The molecule has 0 bridgehead atoms. The molecule has 1 atom stereocenters. The summed E-state index contributed by atoms with van der Waals surface area (Å²) in [6, 6.07) is 6.53. The van der Waals surface area contributed by atoms with Gasteiger partial charge < -0.3 is 4.74 Å². The number of benzene rings is 1. The van der Waals surface area contributed by atoms with E-state index in [2.05, 4.69) is 15.0 Å². The molecule has 2 N–H and O–H groups in total. The second-order valence-corrected chi connectivity index (χ2v) is 6.94. The second-order valence-electron chi connectivity index (χ2n) is 6.94. The molecule has 10 heteroatoms. The molecule has 31 heavy (non-hydrogen) atoms. The van der Waals surface area contributed by atoms with Crippen LogP contribution in [0, 0.1) is 11.6 Å². The van der Waals surface area contributed by atoms with Crippen LogP contribution in [0.25, 0.3) is 22.5 Å². The van der Waals surface area contributed by atoms with Crippen LogP contribution in [-0.2, 0) is 4.74 Å². The molecule has 0 saturated carbocycles. The summed E-state index contributed by atoms with van der Waals surface area (Å²) in [5, 5.41) is 18.2. The molecule has 3 heterocycles. The first-order chi connectivity index (χ1) is 15.0. The summed E-state index contributed by atoms with van der Waals surface area (Å²) in [4.78, 5) is 25.1. The van der Waals surface area contributed by atoms with Crippen LogP contribution in [0.5, 0.6) is 0 Å². The number of hydroxylamine groups is 2. The first kappa shape index (κ1) is 20.9. The molecule has 1 unspecified atom stereocenters. The third kappa shape index (κ3) is 4.13. The van der Waals surface area contributed by atoms with E-state index >= 15 is 0 Å². The minimum atomic E-state index is -1.30. The fourth-order valence-corrected chi connectivity index (χ4v) is 3.54. The van der Waals surface area contributed by atoms with Crippen LogP contribution < -0.4 is 0 Å². The van der Waals surface area contributed by atoms with Crippen LogP contribution in [0.1, 0.15) is 41.5 Å². The van der Waals surface area contributed by atoms with E-state index in [9.17, 15) is 24.0 Å². The number of hydrogen-bond acceptors (Lipinski definition) is 7.